The van der Waals surface area contributed by atoms with E-state index in [0.717, 1.165) is 35.0 Å². The van der Waals surface area contributed by atoms with Crippen molar-refractivity contribution in [1.82, 2.24) is 19.3 Å². The number of sulfonamides is 1. The average molecular weight is 526 g/mol. The number of amidine groups is 1. The third kappa shape index (κ3) is 5.59. The van der Waals surface area contributed by atoms with Gasteiger partial charge in [-0.15, -0.1) is 0 Å². The van der Waals surface area contributed by atoms with Crippen molar-refractivity contribution in [3.63, 3.8) is 0 Å². The highest BCUT2D eigenvalue weighted by molar-refractivity contribution is 7.88. The fraction of sp³-hybridized carbons (Fsp3) is 0.320. The number of rotatable bonds is 8. The van der Waals surface area contributed by atoms with E-state index in [1.807, 2.05) is 18.2 Å². The summed E-state index contributed by atoms with van der Waals surface area (Å²) in [5, 5.41) is 3.33. The Morgan fingerprint density at radius 3 is 2.73 bits per heavy atom. The monoisotopic (exact) mass is 525 g/mol. The standard InChI is InChI=1S/C25H31N7O4S/c1-6-7-18(25(26-2)31(3)37(5,33)34)23-29-20-10-11-27-24(22(20)30-23)28-19-9-8-17(16-21(19)35-4)32-12-14-36-15-13-32/h6-11,16H,1,12-15H2,2-5H3,(H,27,28)(H,29,30). The highest BCUT2D eigenvalue weighted by atomic mass is 32.2. The summed E-state index contributed by atoms with van der Waals surface area (Å²) in [5.41, 5.74) is 3.55. The van der Waals surface area contributed by atoms with Gasteiger partial charge in [0.1, 0.15) is 22.9 Å². The van der Waals surface area contributed by atoms with Crippen molar-refractivity contribution in [1.29, 1.82) is 0 Å². The lowest BCUT2D eigenvalue weighted by Gasteiger charge is -2.29. The molecule has 1 aliphatic rings. The molecule has 0 unspecified atom stereocenters. The van der Waals surface area contributed by atoms with Crippen LogP contribution in [0.25, 0.3) is 16.6 Å². The number of aromatic amines is 1. The molecule has 0 spiro atoms. The van der Waals surface area contributed by atoms with E-state index >= 15 is 0 Å². The summed E-state index contributed by atoms with van der Waals surface area (Å²) in [6.07, 6.45) is 6.00. The molecular weight excluding hydrogens is 494 g/mol. The summed E-state index contributed by atoms with van der Waals surface area (Å²) in [4.78, 5) is 19.0. The molecule has 0 aliphatic carbocycles. The maximum Gasteiger partial charge on any atom is 0.233 e. The van der Waals surface area contributed by atoms with Crippen LogP contribution in [0, 0.1) is 0 Å². The van der Waals surface area contributed by atoms with Gasteiger partial charge >= 0.3 is 0 Å². The third-order valence-corrected chi connectivity index (χ3v) is 7.17. The Labute approximate surface area is 216 Å². The third-order valence-electron chi connectivity index (χ3n) is 6.00. The molecule has 0 bridgehead atoms. The van der Waals surface area contributed by atoms with E-state index < -0.39 is 10.0 Å². The number of hydrogen-bond donors (Lipinski definition) is 2. The van der Waals surface area contributed by atoms with Gasteiger partial charge in [0.25, 0.3) is 0 Å². The number of anilines is 3. The van der Waals surface area contributed by atoms with Crippen LogP contribution in [0.1, 0.15) is 5.82 Å². The van der Waals surface area contributed by atoms with Gasteiger partial charge < -0.3 is 24.7 Å². The van der Waals surface area contributed by atoms with Gasteiger partial charge in [-0.1, -0.05) is 12.7 Å². The molecule has 12 heteroatoms. The number of H-pyrrole nitrogens is 1. The van der Waals surface area contributed by atoms with E-state index in [0.29, 0.717) is 47.2 Å². The molecule has 0 atom stereocenters. The van der Waals surface area contributed by atoms with Gasteiger partial charge in [0.2, 0.25) is 10.0 Å². The lowest BCUT2D eigenvalue weighted by molar-refractivity contribution is 0.122. The van der Waals surface area contributed by atoms with Gasteiger partial charge in [-0.3, -0.25) is 9.30 Å². The van der Waals surface area contributed by atoms with Crippen molar-refractivity contribution in [3.8, 4) is 5.75 Å². The van der Waals surface area contributed by atoms with Crippen LogP contribution in [0.4, 0.5) is 17.2 Å². The first-order valence-corrected chi connectivity index (χ1v) is 13.5. The molecule has 37 heavy (non-hydrogen) atoms. The number of likely N-dealkylation sites (N-methyl/N-ethyl adjacent to an activating group) is 1. The molecule has 2 N–H and O–H groups in total. The molecule has 0 amide bonds. The minimum Gasteiger partial charge on any atom is -0.494 e. The highest BCUT2D eigenvalue weighted by Crippen LogP contribution is 2.34. The minimum atomic E-state index is -3.55. The number of hydrogen-bond acceptors (Lipinski definition) is 9. The Hall–Kier alpha value is -3.90. The zero-order chi connectivity index (χ0) is 26.6. The second kappa shape index (κ2) is 11.0. The highest BCUT2D eigenvalue weighted by Gasteiger charge is 2.23. The zero-order valence-electron chi connectivity index (χ0n) is 21.4. The molecular formula is C25H31N7O4S. The van der Waals surface area contributed by atoms with E-state index in [1.54, 1.807) is 31.5 Å². The first-order chi connectivity index (χ1) is 17.8. The first kappa shape index (κ1) is 26.2. The summed E-state index contributed by atoms with van der Waals surface area (Å²) in [7, 11) is 1.05. The van der Waals surface area contributed by atoms with Gasteiger partial charge in [0.15, 0.2) is 5.82 Å². The zero-order valence-corrected chi connectivity index (χ0v) is 22.2. The summed E-state index contributed by atoms with van der Waals surface area (Å²) >= 11 is 0. The van der Waals surface area contributed by atoms with Gasteiger partial charge in [0.05, 0.1) is 43.4 Å². The van der Waals surface area contributed by atoms with Crippen LogP contribution in [-0.4, -0.2) is 87.3 Å². The molecule has 1 aliphatic heterocycles. The van der Waals surface area contributed by atoms with Gasteiger partial charge in [-0.05, 0) is 24.3 Å². The summed E-state index contributed by atoms with van der Waals surface area (Å²) in [5.74, 6) is 1.84. The predicted octanol–water partition coefficient (Wildman–Crippen LogP) is 3.04. The summed E-state index contributed by atoms with van der Waals surface area (Å²) in [6.45, 7) is 6.80. The van der Waals surface area contributed by atoms with Gasteiger partial charge in [-0.2, -0.15) is 0 Å². The van der Waals surface area contributed by atoms with Crippen LogP contribution < -0.4 is 15.0 Å². The van der Waals surface area contributed by atoms with E-state index in [4.69, 9.17) is 14.5 Å². The smallest absolute Gasteiger partial charge is 0.233 e. The fourth-order valence-electron chi connectivity index (χ4n) is 4.05. The van der Waals surface area contributed by atoms with Crippen molar-refractivity contribution in [3.05, 3.63) is 55.0 Å². The van der Waals surface area contributed by atoms with E-state index in [-0.39, 0.29) is 5.84 Å². The quantitative estimate of drug-likeness (QED) is 0.261. The number of fused-ring (bicyclic) bond motifs is 1. The molecule has 4 rings (SSSR count). The predicted molar refractivity (Wildman–Crippen MR) is 147 cm³/mol. The van der Waals surface area contributed by atoms with Crippen LogP contribution in [0.3, 0.4) is 0 Å². The van der Waals surface area contributed by atoms with Gasteiger partial charge in [0, 0.05) is 45.1 Å². The number of nitrogens with zero attached hydrogens (tertiary/aromatic N) is 5. The number of imidazole rings is 1. The molecule has 0 saturated carbocycles. The SMILES string of the molecule is C=CC=C(C(=NC)N(C)S(C)(=O)=O)c1nc2c(Nc3ccc(N4CCOCC4)cc3OC)nccc2[nH]1. The number of aromatic nitrogens is 3. The molecule has 196 valence electrons. The molecule has 1 fully saturated rings. The second-order valence-electron chi connectivity index (χ2n) is 8.34. The number of pyridine rings is 1. The lowest BCUT2D eigenvalue weighted by Crippen LogP contribution is -2.36. The molecule has 0 radical (unpaired) electrons. The van der Waals surface area contributed by atoms with Crippen molar-refractivity contribution >= 4 is 49.7 Å². The Morgan fingerprint density at radius 1 is 1.32 bits per heavy atom. The number of benzene rings is 1. The molecule has 1 aromatic carbocycles. The van der Waals surface area contributed by atoms with E-state index in [2.05, 4.69) is 31.8 Å². The van der Waals surface area contributed by atoms with Crippen LogP contribution in [0.5, 0.6) is 5.75 Å². The molecule has 11 nitrogen and oxygen atoms in total. The molecule has 2 aromatic heterocycles. The number of ether oxygens (including phenoxy) is 2. The van der Waals surface area contributed by atoms with E-state index in [1.165, 1.54) is 14.1 Å². The maximum absolute atomic E-state index is 12.2. The van der Waals surface area contributed by atoms with Crippen LogP contribution in [0.15, 0.2) is 54.2 Å². The summed E-state index contributed by atoms with van der Waals surface area (Å²) < 4.78 is 36.6. The van der Waals surface area contributed by atoms with Crippen molar-refractivity contribution in [2.45, 2.75) is 0 Å². The number of allylic oxidation sites excluding steroid dienone is 2. The summed E-state index contributed by atoms with van der Waals surface area (Å²) in [6, 6.07) is 7.76. The van der Waals surface area contributed by atoms with Crippen molar-refractivity contribution in [2.75, 3.05) is 64.0 Å². The maximum atomic E-state index is 12.2. The Bertz CT molecular complexity index is 1460. The van der Waals surface area contributed by atoms with Crippen LogP contribution in [-0.2, 0) is 14.8 Å². The molecule has 3 heterocycles. The average Bonchev–Trinajstić information content (AvgIpc) is 3.34. The number of morpholine rings is 1. The Balaban J connectivity index is 1.70. The Kier molecular flexibility index (Phi) is 7.79. The van der Waals surface area contributed by atoms with Crippen molar-refractivity contribution in [2.24, 2.45) is 4.99 Å². The largest absolute Gasteiger partial charge is 0.494 e. The minimum absolute atomic E-state index is 0.226. The molecule has 3 aromatic rings. The Morgan fingerprint density at radius 2 is 2.08 bits per heavy atom. The number of aliphatic imine (C=N–C) groups is 1. The lowest BCUT2D eigenvalue weighted by atomic mass is 10.2. The van der Waals surface area contributed by atoms with Gasteiger partial charge in [-0.25, -0.2) is 18.4 Å². The molecule has 1 saturated heterocycles. The normalized spacial score (nSPS) is 15.1. The van der Waals surface area contributed by atoms with E-state index in [9.17, 15) is 8.42 Å². The van der Waals surface area contributed by atoms with Crippen molar-refractivity contribution < 1.29 is 17.9 Å². The van der Waals surface area contributed by atoms with Crippen LogP contribution >= 0.6 is 0 Å². The number of methoxy groups -OCH3 is 1. The first-order valence-electron chi connectivity index (χ1n) is 11.6. The van der Waals surface area contributed by atoms with Crippen LogP contribution in [0.2, 0.25) is 0 Å². The second-order valence-corrected chi connectivity index (χ2v) is 10.4. The number of nitrogens with one attached hydrogen (secondary N) is 2. The fourth-order valence-corrected chi connectivity index (χ4v) is 4.54. The topological polar surface area (TPSA) is 125 Å².